The van der Waals surface area contributed by atoms with Crippen LogP contribution in [0.2, 0.25) is 0 Å². The van der Waals surface area contributed by atoms with Crippen molar-refractivity contribution in [2.45, 2.75) is 97.1 Å². The molecule has 0 aromatic heterocycles. The summed E-state index contributed by atoms with van der Waals surface area (Å²) < 4.78 is 31.7. The summed E-state index contributed by atoms with van der Waals surface area (Å²) in [5.41, 5.74) is 7.42. The lowest BCUT2D eigenvalue weighted by atomic mass is 9.83. The maximum Gasteiger partial charge on any atom is 0.490 e. The highest BCUT2D eigenvalue weighted by molar-refractivity contribution is 6.30. The molecule has 4 rings (SSSR count). The standard InChI is InChI=1S/C39H53N7O7.C2HF3O2/c1-22(2)19-29(44-32(47)21-40)37(51)43-24(5)36(50)45-30(20-23(3)4)39(53)46-18-9-15-31(46)38(52)42-17-10-16-41-28-14-8-13-27-33(28)35(49)26-12-7-6-11-25(26)34(27)48;3-2(4,5)1(6)7/h6-8,11-14,22-24,29-31,41H,9-10,15-21,40H2,1-5H3,(H,42,52)(H,43,51)(H,44,47)(H,45,50);(H,6,7)/t24-,29-,30-,31-;/m0./s1. The first-order chi connectivity index (χ1) is 28.2. The molecule has 2 aromatic rings. The van der Waals surface area contributed by atoms with E-state index in [9.17, 15) is 46.7 Å². The number of nitrogens with zero attached hydrogens (tertiary/aromatic N) is 1. The van der Waals surface area contributed by atoms with E-state index in [-0.39, 0.29) is 41.8 Å². The average molecular weight is 846 g/mol. The summed E-state index contributed by atoms with van der Waals surface area (Å²) in [4.78, 5) is 102. The van der Waals surface area contributed by atoms with Gasteiger partial charge in [-0.2, -0.15) is 13.2 Å². The first-order valence-electron chi connectivity index (χ1n) is 19.7. The molecule has 8 N–H and O–H groups in total. The zero-order valence-corrected chi connectivity index (χ0v) is 34.2. The predicted octanol–water partition coefficient (Wildman–Crippen LogP) is 2.53. The number of benzene rings is 2. The van der Waals surface area contributed by atoms with Crippen LogP contribution in [-0.4, -0.2) is 114 Å². The fourth-order valence-electron chi connectivity index (χ4n) is 6.76. The first-order valence-corrected chi connectivity index (χ1v) is 19.7. The fraction of sp³-hybridized carbons (Fsp3) is 0.512. The van der Waals surface area contributed by atoms with E-state index in [1.54, 1.807) is 42.5 Å². The maximum absolute atomic E-state index is 13.9. The lowest BCUT2D eigenvalue weighted by Crippen LogP contribution is -2.58. The molecule has 2 aliphatic rings. The number of anilines is 1. The van der Waals surface area contributed by atoms with E-state index in [0.29, 0.717) is 79.7 Å². The smallest absolute Gasteiger partial charge is 0.475 e. The molecule has 16 nitrogen and oxygen atoms in total. The van der Waals surface area contributed by atoms with Crippen LogP contribution < -0.4 is 32.3 Å². The van der Waals surface area contributed by atoms with Gasteiger partial charge in [-0.1, -0.05) is 64.1 Å². The Kier molecular flexibility index (Phi) is 17.7. The number of hydrogen-bond acceptors (Lipinski definition) is 10. The summed E-state index contributed by atoms with van der Waals surface area (Å²) in [6, 6.07) is 8.42. The summed E-state index contributed by atoms with van der Waals surface area (Å²) in [6.45, 7) is 9.98. The summed E-state index contributed by atoms with van der Waals surface area (Å²) in [5.74, 6) is -5.28. The van der Waals surface area contributed by atoms with Crippen molar-refractivity contribution in [3.05, 3.63) is 64.7 Å². The molecule has 1 fully saturated rings. The second-order valence-electron chi connectivity index (χ2n) is 15.4. The van der Waals surface area contributed by atoms with Gasteiger partial charge >= 0.3 is 12.1 Å². The molecule has 19 heteroatoms. The lowest BCUT2D eigenvalue weighted by Gasteiger charge is -2.30. The highest BCUT2D eigenvalue weighted by Gasteiger charge is 2.39. The summed E-state index contributed by atoms with van der Waals surface area (Å²) in [5, 5.41) is 21.3. The number of halogens is 3. The first kappa shape index (κ1) is 48.5. The van der Waals surface area contributed by atoms with Gasteiger partial charge in [0.1, 0.15) is 24.2 Å². The lowest BCUT2D eigenvalue weighted by molar-refractivity contribution is -0.192. The van der Waals surface area contributed by atoms with E-state index < -0.39 is 54.0 Å². The molecule has 0 saturated carbocycles. The Morgan fingerprint density at radius 2 is 1.38 bits per heavy atom. The van der Waals surface area contributed by atoms with Crippen LogP contribution in [0.4, 0.5) is 18.9 Å². The van der Waals surface area contributed by atoms with Gasteiger partial charge in [0.25, 0.3) is 0 Å². The number of carboxylic acids is 1. The number of nitrogens with one attached hydrogen (secondary N) is 5. The van der Waals surface area contributed by atoms with Gasteiger partial charge in [0, 0.05) is 42.0 Å². The van der Waals surface area contributed by atoms with Gasteiger partial charge in [-0.15, -0.1) is 0 Å². The van der Waals surface area contributed by atoms with Crippen molar-refractivity contribution in [3.63, 3.8) is 0 Å². The molecule has 1 aliphatic heterocycles. The molecule has 4 atom stereocenters. The van der Waals surface area contributed by atoms with Crippen LogP contribution in [-0.2, 0) is 28.8 Å². The number of alkyl halides is 3. The highest BCUT2D eigenvalue weighted by Crippen LogP contribution is 2.32. The Morgan fingerprint density at radius 3 is 1.97 bits per heavy atom. The Hall–Kier alpha value is -5.85. The number of rotatable bonds is 17. The molecule has 2 aromatic carbocycles. The van der Waals surface area contributed by atoms with Crippen LogP contribution in [0.5, 0.6) is 0 Å². The third-order valence-corrected chi connectivity index (χ3v) is 9.62. The Balaban J connectivity index is 0.00000126. The fourth-order valence-corrected chi connectivity index (χ4v) is 6.76. The van der Waals surface area contributed by atoms with Crippen molar-refractivity contribution >= 4 is 52.8 Å². The Labute approximate surface area is 345 Å². The van der Waals surface area contributed by atoms with Gasteiger partial charge in [-0.05, 0) is 56.9 Å². The minimum Gasteiger partial charge on any atom is -0.475 e. The van der Waals surface area contributed by atoms with Crippen molar-refractivity contribution in [2.24, 2.45) is 17.6 Å². The van der Waals surface area contributed by atoms with Gasteiger partial charge in [0.05, 0.1) is 12.1 Å². The van der Waals surface area contributed by atoms with Gasteiger partial charge in [0.15, 0.2) is 11.6 Å². The molecule has 5 amide bonds. The molecule has 328 valence electrons. The molecule has 60 heavy (non-hydrogen) atoms. The number of nitrogens with two attached hydrogens (primary N) is 1. The Bertz CT molecular complexity index is 1920. The molecule has 0 bridgehead atoms. The highest BCUT2D eigenvalue weighted by atomic mass is 19.4. The van der Waals surface area contributed by atoms with E-state index >= 15 is 0 Å². The number of carbonyl (C=O) groups excluding carboxylic acids is 7. The van der Waals surface area contributed by atoms with Gasteiger partial charge in [-0.3, -0.25) is 33.6 Å². The second kappa shape index (κ2) is 22.0. The van der Waals surface area contributed by atoms with Gasteiger partial charge in [-0.25, -0.2) is 4.79 Å². The molecule has 0 spiro atoms. The molecular formula is C41H54F3N7O9. The number of aliphatic carboxylic acids is 1. The number of amides is 5. The minimum atomic E-state index is -5.08. The van der Waals surface area contributed by atoms with E-state index in [4.69, 9.17) is 15.6 Å². The minimum absolute atomic E-state index is 0.0387. The van der Waals surface area contributed by atoms with Crippen molar-refractivity contribution in [1.29, 1.82) is 0 Å². The Morgan fingerprint density at radius 1 is 0.800 bits per heavy atom. The van der Waals surface area contributed by atoms with Crippen molar-refractivity contribution in [1.82, 2.24) is 26.2 Å². The SMILES string of the molecule is CC(C)C[C@H](NC(=O)CN)C(=O)N[C@@H](C)C(=O)N[C@@H](CC(C)C)C(=O)N1CCC[C@H]1C(=O)NCCCNc1cccc2c1C(=O)c1ccccc1C2=O.O=C(O)C(F)(F)F. The van der Waals surface area contributed by atoms with E-state index in [2.05, 4.69) is 26.6 Å². The number of ketones is 2. The van der Waals surface area contributed by atoms with Crippen molar-refractivity contribution < 1.29 is 56.6 Å². The van der Waals surface area contributed by atoms with Gasteiger partial charge < -0.3 is 42.3 Å². The van der Waals surface area contributed by atoms with Crippen LogP contribution >= 0.6 is 0 Å². The third-order valence-electron chi connectivity index (χ3n) is 9.62. The topological polar surface area (TPSA) is 246 Å². The number of carboxylic acid groups (broad SMARTS) is 1. The quantitative estimate of drug-likeness (QED) is 0.0974. The number of likely N-dealkylation sites (tertiary alicyclic amines) is 1. The zero-order valence-electron chi connectivity index (χ0n) is 34.2. The van der Waals surface area contributed by atoms with Crippen LogP contribution in [0.1, 0.15) is 98.6 Å². The number of carbonyl (C=O) groups is 8. The number of hydrogen-bond donors (Lipinski definition) is 7. The molecule has 1 heterocycles. The summed E-state index contributed by atoms with van der Waals surface area (Å²) in [6.07, 6.45) is -2.79. The van der Waals surface area contributed by atoms with E-state index in [1.165, 1.54) is 11.8 Å². The van der Waals surface area contributed by atoms with Crippen LogP contribution in [0.15, 0.2) is 42.5 Å². The largest absolute Gasteiger partial charge is 0.490 e. The van der Waals surface area contributed by atoms with E-state index in [0.717, 1.165) is 0 Å². The monoisotopic (exact) mass is 845 g/mol. The zero-order chi connectivity index (χ0) is 44.9. The summed E-state index contributed by atoms with van der Waals surface area (Å²) >= 11 is 0. The number of fused-ring (bicyclic) bond motifs is 2. The summed E-state index contributed by atoms with van der Waals surface area (Å²) in [7, 11) is 0. The van der Waals surface area contributed by atoms with Gasteiger partial charge in [0.2, 0.25) is 29.5 Å². The van der Waals surface area contributed by atoms with E-state index in [1.807, 2.05) is 27.7 Å². The van der Waals surface area contributed by atoms with Crippen LogP contribution in [0, 0.1) is 11.8 Å². The van der Waals surface area contributed by atoms with Crippen LogP contribution in [0.25, 0.3) is 0 Å². The molecule has 1 aliphatic carbocycles. The predicted molar refractivity (Wildman–Crippen MR) is 214 cm³/mol. The molecular weight excluding hydrogens is 791 g/mol. The maximum atomic E-state index is 13.9. The van der Waals surface area contributed by atoms with Crippen molar-refractivity contribution in [3.8, 4) is 0 Å². The second-order valence-corrected chi connectivity index (χ2v) is 15.4. The van der Waals surface area contributed by atoms with Crippen molar-refractivity contribution in [2.75, 3.05) is 31.5 Å². The normalized spacial score (nSPS) is 16.1. The molecule has 0 unspecified atom stereocenters. The third kappa shape index (κ3) is 13.3. The van der Waals surface area contributed by atoms with Crippen LogP contribution in [0.3, 0.4) is 0 Å². The average Bonchev–Trinajstić information content (AvgIpc) is 3.68. The molecule has 1 saturated heterocycles. The molecule has 0 radical (unpaired) electrons.